The van der Waals surface area contributed by atoms with Crippen LogP contribution in [-0.2, 0) is 4.74 Å². The molecule has 0 aliphatic carbocycles. The van der Waals surface area contributed by atoms with Crippen LogP contribution < -0.4 is 0 Å². The van der Waals surface area contributed by atoms with E-state index >= 15 is 0 Å². The first kappa shape index (κ1) is 6.09. The summed E-state index contributed by atoms with van der Waals surface area (Å²) >= 11 is 0. The molecule has 0 unspecified atom stereocenters. The van der Waals surface area contributed by atoms with E-state index in [9.17, 15) is 0 Å². The Labute approximate surface area is 51.0 Å². The van der Waals surface area contributed by atoms with Crippen molar-refractivity contribution in [2.75, 3.05) is 13.2 Å². The highest BCUT2D eigenvalue weighted by Gasteiger charge is 2.09. The number of ether oxygens (including phenoxy) is 1. The maximum atomic E-state index is 5.20. The van der Waals surface area contributed by atoms with Crippen LogP contribution in [0.3, 0.4) is 0 Å². The van der Waals surface area contributed by atoms with E-state index in [-0.39, 0.29) is 0 Å². The molecule has 0 aromatic heterocycles. The number of hydrogen-bond donors (Lipinski definition) is 0. The first-order valence-corrected chi connectivity index (χ1v) is 3.51. The fraction of sp³-hybridized carbons (Fsp3) is 1.00. The van der Waals surface area contributed by atoms with E-state index in [4.69, 9.17) is 4.74 Å². The van der Waals surface area contributed by atoms with Gasteiger partial charge in [0.15, 0.2) is 0 Å². The molecule has 1 aliphatic rings. The first-order valence-electron chi connectivity index (χ1n) is 3.51. The van der Waals surface area contributed by atoms with Crippen molar-refractivity contribution in [3.63, 3.8) is 0 Å². The van der Waals surface area contributed by atoms with Gasteiger partial charge in [0.1, 0.15) is 0 Å². The molecule has 0 aromatic rings. The summed E-state index contributed by atoms with van der Waals surface area (Å²) in [5, 5.41) is 0. The van der Waals surface area contributed by atoms with Crippen LogP contribution in [0.2, 0.25) is 0 Å². The fourth-order valence-electron chi connectivity index (χ4n) is 1.15. The third-order valence-corrected chi connectivity index (χ3v) is 1.92. The zero-order valence-electron chi connectivity index (χ0n) is 5.52. The van der Waals surface area contributed by atoms with Crippen LogP contribution in [0.15, 0.2) is 0 Å². The molecule has 48 valence electrons. The third-order valence-electron chi connectivity index (χ3n) is 1.92. The van der Waals surface area contributed by atoms with Gasteiger partial charge in [-0.3, -0.25) is 0 Å². The molecule has 0 atom stereocenters. The molecule has 1 saturated heterocycles. The fourth-order valence-corrected chi connectivity index (χ4v) is 1.15. The molecule has 0 bridgehead atoms. The topological polar surface area (TPSA) is 9.23 Å². The van der Waals surface area contributed by atoms with E-state index in [0.29, 0.717) is 0 Å². The Balaban J connectivity index is 2.13. The maximum Gasteiger partial charge on any atom is 0.0468 e. The Hall–Kier alpha value is -0.0400. The van der Waals surface area contributed by atoms with E-state index in [0.717, 1.165) is 19.1 Å². The first-order chi connectivity index (χ1) is 3.93. The second kappa shape index (κ2) is 3.08. The molecule has 1 rings (SSSR count). The monoisotopic (exact) mass is 114 g/mol. The van der Waals surface area contributed by atoms with E-state index in [1.165, 1.54) is 19.3 Å². The summed E-state index contributed by atoms with van der Waals surface area (Å²) in [7, 11) is 0. The van der Waals surface area contributed by atoms with Crippen LogP contribution in [0.25, 0.3) is 0 Å². The summed E-state index contributed by atoms with van der Waals surface area (Å²) in [4.78, 5) is 0. The van der Waals surface area contributed by atoms with Gasteiger partial charge in [0.2, 0.25) is 0 Å². The molecule has 1 nitrogen and oxygen atoms in total. The highest BCUT2D eigenvalue weighted by molar-refractivity contribution is 4.60. The van der Waals surface area contributed by atoms with E-state index in [1.807, 2.05) is 0 Å². The minimum absolute atomic E-state index is 0.962. The lowest BCUT2D eigenvalue weighted by Crippen LogP contribution is -2.14. The average Bonchev–Trinajstić information content (AvgIpc) is 1.90. The number of rotatable bonds is 1. The Bertz CT molecular complexity index is 55.4. The van der Waals surface area contributed by atoms with Crippen molar-refractivity contribution in [1.29, 1.82) is 0 Å². The maximum absolute atomic E-state index is 5.20. The molecular weight excluding hydrogens is 100 g/mol. The predicted octanol–water partition coefficient (Wildman–Crippen LogP) is 1.82. The van der Waals surface area contributed by atoms with E-state index < -0.39 is 0 Å². The van der Waals surface area contributed by atoms with Gasteiger partial charge in [-0.1, -0.05) is 13.3 Å². The smallest absolute Gasteiger partial charge is 0.0468 e. The Morgan fingerprint density at radius 1 is 1.38 bits per heavy atom. The SMILES string of the molecule is CCC1CCOCC1. The van der Waals surface area contributed by atoms with Crippen molar-refractivity contribution in [3.8, 4) is 0 Å². The van der Waals surface area contributed by atoms with Gasteiger partial charge in [0.05, 0.1) is 0 Å². The van der Waals surface area contributed by atoms with Crippen molar-refractivity contribution < 1.29 is 4.74 Å². The van der Waals surface area contributed by atoms with Crippen LogP contribution in [0, 0.1) is 5.92 Å². The molecule has 1 aliphatic heterocycles. The molecular formula is C7H14O. The standard InChI is InChI=1S/C7H14O/c1-2-7-3-5-8-6-4-7/h7H,2-6H2,1H3. The van der Waals surface area contributed by atoms with Crippen LogP contribution in [0.4, 0.5) is 0 Å². The molecule has 1 heteroatoms. The summed E-state index contributed by atoms with van der Waals surface area (Å²) < 4.78 is 5.20. The Kier molecular flexibility index (Phi) is 2.34. The lowest BCUT2D eigenvalue weighted by atomic mass is 9.98. The molecule has 0 amide bonds. The molecule has 8 heavy (non-hydrogen) atoms. The largest absolute Gasteiger partial charge is 0.381 e. The molecule has 0 aromatic carbocycles. The zero-order chi connectivity index (χ0) is 5.82. The third kappa shape index (κ3) is 1.48. The van der Waals surface area contributed by atoms with E-state index in [2.05, 4.69) is 6.92 Å². The van der Waals surface area contributed by atoms with Crippen molar-refractivity contribution in [2.45, 2.75) is 26.2 Å². The van der Waals surface area contributed by atoms with Crippen LogP contribution in [0.1, 0.15) is 26.2 Å². The summed E-state index contributed by atoms with van der Waals surface area (Å²) in [5.41, 5.74) is 0. The lowest BCUT2D eigenvalue weighted by molar-refractivity contribution is 0.0654. The van der Waals surface area contributed by atoms with Crippen molar-refractivity contribution >= 4 is 0 Å². The zero-order valence-corrected chi connectivity index (χ0v) is 5.52. The van der Waals surface area contributed by atoms with Crippen molar-refractivity contribution in [2.24, 2.45) is 5.92 Å². The summed E-state index contributed by atoms with van der Waals surface area (Å²) in [6.07, 6.45) is 3.91. The number of hydrogen-bond acceptors (Lipinski definition) is 1. The highest BCUT2D eigenvalue weighted by atomic mass is 16.5. The van der Waals surface area contributed by atoms with Crippen molar-refractivity contribution in [1.82, 2.24) is 0 Å². The van der Waals surface area contributed by atoms with Gasteiger partial charge in [0.25, 0.3) is 0 Å². The average molecular weight is 114 g/mol. The van der Waals surface area contributed by atoms with Gasteiger partial charge >= 0.3 is 0 Å². The molecule has 0 N–H and O–H groups in total. The lowest BCUT2D eigenvalue weighted by Gasteiger charge is -2.19. The van der Waals surface area contributed by atoms with Gasteiger partial charge in [-0.25, -0.2) is 0 Å². The van der Waals surface area contributed by atoms with Gasteiger partial charge in [0, 0.05) is 13.2 Å². The Morgan fingerprint density at radius 3 is 2.38 bits per heavy atom. The predicted molar refractivity (Wildman–Crippen MR) is 33.8 cm³/mol. The summed E-state index contributed by atoms with van der Waals surface area (Å²) in [6.45, 7) is 4.26. The molecule has 1 heterocycles. The normalized spacial score (nSPS) is 23.6. The molecule has 1 fully saturated rings. The minimum Gasteiger partial charge on any atom is -0.381 e. The van der Waals surface area contributed by atoms with Crippen molar-refractivity contribution in [3.05, 3.63) is 0 Å². The summed E-state index contributed by atoms with van der Waals surface area (Å²) in [6, 6.07) is 0. The minimum atomic E-state index is 0.962. The van der Waals surface area contributed by atoms with Gasteiger partial charge < -0.3 is 4.74 Å². The second-order valence-electron chi connectivity index (χ2n) is 2.46. The summed E-state index contributed by atoms with van der Waals surface area (Å²) in [5.74, 6) is 0.962. The Morgan fingerprint density at radius 2 is 2.00 bits per heavy atom. The molecule has 0 radical (unpaired) electrons. The van der Waals surface area contributed by atoms with Gasteiger partial charge in [-0.2, -0.15) is 0 Å². The van der Waals surface area contributed by atoms with Crippen LogP contribution in [0.5, 0.6) is 0 Å². The second-order valence-corrected chi connectivity index (χ2v) is 2.46. The molecule has 0 spiro atoms. The quantitative estimate of drug-likeness (QED) is 0.505. The van der Waals surface area contributed by atoms with Gasteiger partial charge in [-0.15, -0.1) is 0 Å². The molecule has 0 saturated carbocycles. The van der Waals surface area contributed by atoms with E-state index in [1.54, 1.807) is 0 Å². The van der Waals surface area contributed by atoms with Crippen LogP contribution >= 0.6 is 0 Å². The highest BCUT2D eigenvalue weighted by Crippen LogP contribution is 2.16. The van der Waals surface area contributed by atoms with Gasteiger partial charge in [-0.05, 0) is 18.8 Å². The van der Waals surface area contributed by atoms with Crippen LogP contribution in [-0.4, -0.2) is 13.2 Å².